The van der Waals surface area contributed by atoms with Gasteiger partial charge in [0.1, 0.15) is 5.75 Å². The minimum atomic E-state index is 0.208. The first-order chi connectivity index (χ1) is 8.58. The number of hydrogen-bond donors (Lipinski definition) is 1. The molecule has 0 fully saturated rings. The minimum Gasteiger partial charge on any atom is -0.496 e. The number of benzene rings is 1. The number of rotatable bonds is 7. The molecule has 0 aliphatic heterocycles. The van der Waals surface area contributed by atoms with Gasteiger partial charge in [-0.1, -0.05) is 26.0 Å². The number of likely N-dealkylation sites (N-methyl/N-ethyl adjacent to an activating group) is 1. The number of aliphatic hydroxyl groups excluding tert-OH is 1. The lowest BCUT2D eigenvalue weighted by atomic mass is 10.00. The molecule has 0 saturated heterocycles. The van der Waals surface area contributed by atoms with Crippen LogP contribution >= 0.6 is 0 Å². The molecule has 0 amide bonds. The Balaban J connectivity index is 2.70. The van der Waals surface area contributed by atoms with E-state index in [0.717, 1.165) is 18.7 Å². The van der Waals surface area contributed by atoms with E-state index in [0.29, 0.717) is 12.5 Å². The lowest BCUT2D eigenvalue weighted by molar-refractivity contribution is 0.222. The van der Waals surface area contributed by atoms with Crippen molar-refractivity contribution in [2.75, 3.05) is 33.9 Å². The van der Waals surface area contributed by atoms with E-state index in [1.807, 2.05) is 7.05 Å². The summed E-state index contributed by atoms with van der Waals surface area (Å²) in [6.07, 6.45) is 0.943. The Kier molecular flexibility index (Phi) is 6.16. The highest BCUT2D eigenvalue weighted by atomic mass is 16.5. The number of methoxy groups -OCH3 is 1. The van der Waals surface area contributed by atoms with Crippen molar-refractivity contribution in [3.8, 4) is 5.75 Å². The Labute approximate surface area is 110 Å². The van der Waals surface area contributed by atoms with Crippen LogP contribution in [0.4, 0.5) is 0 Å². The van der Waals surface area contributed by atoms with Gasteiger partial charge in [-0.2, -0.15) is 0 Å². The highest BCUT2D eigenvalue weighted by Gasteiger charge is 2.07. The van der Waals surface area contributed by atoms with Crippen LogP contribution in [-0.2, 0) is 6.42 Å². The molecule has 0 saturated carbocycles. The zero-order valence-corrected chi connectivity index (χ0v) is 11.9. The summed E-state index contributed by atoms with van der Waals surface area (Å²) in [7, 11) is 3.74. The van der Waals surface area contributed by atoms with Crippen molar-refractivity contribution in [3.05, 3.63) is 29.3 Å². The van der Waals surface area contributed by atoms with Gasteiger partial charge in [0.05, 0.1) is 13.7 Å². The normalized spacial score (nSPS) is 11.3. The van der Waals surface area contributed by atoms with Gasteiger partial charge < -0.3 is 14.7 Å². The minimum absolute atomic E-state index is 0.208. The predicted octanol–water partition coefficient (Wildman–Crippen LogP) is 2.29. The summed E-state index contributed by atoms with van der Waals surface area (Å²) in [5.41, 5.74) is 2.53. The molecule has 1 rings (SSSR count). The molecule has 0 radical (unpaired) electrons. The molecule has 0 heterocycles. The lowest BCUT2D eigenvalue weighted by Gasteiger charge is -2.17. The lowest BCUT2D eigenvalue weighted by Crippen LogP contribution is -2.24. The average Bonchev–Trinajstić information content (AvgIpc) is 2.36. The number of ether oxygens (including phenoxy) is 1. The molecule has 1 aromatic carbocycles. The van der Waals surface area contributed by atoms with Crippen LogP contribution < -0.4 is 4.74 Å². The molecule has 0 aromatic heterocycles. The Morgan fingerprint density at radius 1 is 1.28 bits per heavy atom. The van der Waals surface area contributed by atoms with Crippen LogP contribution in [0.3, 0.4) is 0 Å². The molecule has 0 aliphatic carbocycles. The molecule has 3 heteroatoms. The van der Waals surface area contributed by atoms with E-state index >= 15 is 0 Å². The van der Waals surface area contributed by atoms with Crippen LogP contribution in [0.2, 0.25) is 0 Å². The van der Waals surface area contributed by atoms with Crippen LogP contribution in [0.5, 0.6) is 5.75 Å². The molecule has 1 N–H and O–H groups in total. The van der Waals surface area contributed by atoms with E-state index in [4.69, 9.17) is 9.84 Å². The maximum absolute atomic E-state index is 8.87. The SMILES string of the molecule is COc1cc(C(C)C)ccc1CCN(C)CCO. The smallest absolute Gasteiger partial charge is 0.122 e. The van der Waals surface area contributed by atoms with Crippen molar-refractivity contribution < 1.29 is 9.84 Å². The highest BCUT2D eigenvalue weighted by Crippen LogP contribution is 2.25. The molecule has 0 aliphatic rings. The molecule has 0 unspecified atom stereocenters. The van der Waals surface area contributed by atoms with Crippen molar-refractivity contribution in [2.45, 2.75) is 26.2 Å². The molecule has 3 nitrogen and oxygen atoms in total. The van der Waals surface area contributed by atoms with E-state index in [2.05, 4.69) is 36.9 Å². The second kappa shape index (κ2) is 7.39. The number of nitrogens with zero attached hydrogens (tertiary/aromatic N) is 1. The Bertz CT molecular complexity index is 364. The summed E-state index contributed by atoms with van der Waals surface area (Å²) in [6.45, 7) is 6.22. The third-order valence-corrected chi connectivity index (χ3v) is 3.22. The van der Waals surface area contributed by atoms with E-state index < -0.39 is 0 Å². The quantitative estimate of drug-likeness (QED) is 0.807. The van der Waals surface area contributed by atoms with Crippen LogP contribution in [0.25, 0.3) is 0 Å². The van der Waals surface area contributed by atoms with Crippen molar-refractivity contribution in [3.63, 3.8) is 0 Å². The fourth-order valence-corrected chi connectivity index (χ4v) is 1.92. The summed E-state index contributed by atoms with van der Waals surface area (Å²) in [5, 5.41) is 8.87. The third kappa shape index (κ3) is 4.31. The zero-order valence-electron chi connectivity index (χ0n) is 11.9. The fourth-order valence-electron chi connectivity index (χ4n) is 1.92. The second-order valence-corrected chi connectivity index (χ2v) is 5.00. The van der Waals surface area contributed by atoms with Gasteiger partial charge in [-0.25, -0.2) is 0 Å². The maximum Gasteiger partial charge on any atom is 0.122 e. The first-order valence-corrected chi connectivity index (χ1v) is 6.54. The van der Waals surface area contributed by atoms with Gasteiger partial charge in [0.15, 0.2) is 0 Å². The van der Waals surface area contributed by atoms with Gasteiger partial charge in [-0.15, -0.1) is 0 Å². The van der Waals surface area contributed by atoms with Gasteiger partial charge >= 0.3 is 0 Å². The molecule has 0 atom stereocenters. The van der Waals surface area contributed by atoms with Crippen LogP contribution in [-0.4, -0.2) is 43.9 Å². The van der Waals surface area contributed by atoms with Crippen molar-refractivity contribution >= 4 is 0 Å². The highest BCUT2D eigenvalue weighted by molar-refractivity contribution is 5.38. The first kappa shape index (κ1) is 15.0. The van der Waals surface area contributed by atoms with E-state index in [-0.39, 0.29) is 6.61 Å². The van der Waals surface area contributed by atoms with Gasteiger partial charge in [0.2, 0.25) is 0 Å². The topological polar surface area (TPSA) is 32.7 Å². The Morgan fingerprint density at radius 2 is 2.00 bits per heavy atom. The van der Waals surface area contributed by atoms with Crippen LogP contribution in [0.15, 0.2) is 18.2 Å². The zero-order chi connectivity index (χ0) is 13.5. The van der Waals surface area contributed by atoms with Crippen molar-refractivity contribution in [1.29, 1.82) is 0 Å². The molecule has 0 spiro atoms. The number of aliphatic hydroxyl groups is 1. The molecular weight excluding hydrogens is 226 g/mol. The molecule has 0 bridgehead atoms. The molecular formula is C15H25NO2. The summed E-state index contributed by atoms with van der Waals surface area (Å²) >= 11 is 0. The predicted molar refractivity (Wildman–Crippen MR) is 75.4 cm³/mol. The molecule has 1 aromatic rings. The average molecular weight is 251 g/mol. The van der Waals surface area contributed by atoms with Crippen molar-refractivity contribution in [1.82, 2.24) is 4.90 Å². The monoisotopic (exact) mass is 251 g/mol. The van der Waals surface area contributed by atoms with Gasteiger partial charge in [-0.05, 0) is 36.6 Å². The number of hydrogen-bond acceptors (Lipinski definition) is 3. The van der Waals surface area contributed by atoms with Crippen LogP contribution in [0.1, 0.15) is 30.9 Å². The van der Waals surface area contributed by atoms with Gasteiger partial charge in [0.25, 0.3) is 0 Å². The van der Waals surface area contributed by atoms with Crippen LogP contribution in [0, 0.1) is 0 Å². The standard InChI is InChI=1S/C15H25NO2/c1-12(2)14-6-5-13(15(11-14)18-4)7-8-16(3)9-10-17/h5-6,11-12,17H,7-10H2,1-4H3. The largest absolute Gasteiger partial charge is 0.496 e. The van der Waals surface area contributed by atoms with Gasteiger partial charge in [-0.3, -0.25) is 0 Å². The Hall–Kier alpha value is -1.06. The second-order valence-electron chi connectivity index (χ2n) is 5.00. The third-order valence-electron chi connectivity index (χ3n) is 3.22. The van der Waals surface area contributed by atoms with Gasteiger partial charge in [0, 0.05) is 13.1 Å². The van der Waals surface area contributed by atoms with Crippen molar-refractivity contribution in [2.24, 2.45) is 0 Å². The Morgan fingerprint density at radius 3 is 2.56 bits per heavy atom. The summed E-state index contributed by atoms with van der Waals surface area (Å²) < 4.78 is 5.46. The summed E-state index contributed by atoms with van der Waals surface area (Å²) in [6, 6.07) is 6.46. The van der Waals surface area contributed by atoms with E-state index in [1.165, 1.54) is 11.1 Å². The van der Waals surface area contributed by atoms with E-state index in [1.54, 1.807) is 7.11 Å². The molecule has 102 valence electrons. The summed E-state index contributed by atoms with van der Waals surface area (Å²) in [5.74, 6) is 1.49. The fraction of sp³-hybridized carbons (Fsp3) is 0.600. The maximum atomic E-state index is 8.87. The molecule has 18 heavy (non-hydrogen) atoms. The summed E-state index contributed by atoms with van der Waals surface area (Å²) in [4.78, 5) is 2.12. The van der Waals surface area contributed by atoms with E-state index in [9.17, 15) is 0 Å². The first-order valence-electron chi connectivity index (χ1n) is 6.54.